The van der Waals surface area contributed by atoms with E-state index in [1.54, 1.807) is 18.1 Å². The van der Waals surface area contributed by atoms with Crippen LogP contribution in [0.25, 0.3) is 0 Å². The van der Waals surface area contributed by atoms with Gasteiger partial charge in [-0.3, -0.25) is 9.88 Å². The van der Waals surface area contributed by atoms with Crippen molar-refractivity contribution in [2.75, 3.05) is 44.7 Å². The molecule has 0 atom stereocenters. The van der Waals surface area contributed by atoms with E-state index in [1.165, 1.54) is 12.3 Å². The number of ether oxygens (including phenoxy) is 1. The highest BCUT2D eigenvalue weighted by Gasteiger charge is 2.26. The number of hydrogen-bond donors (Lipinski definition) is 1. The van der Waals surface area contributed by atoms with E-state index in [0.29, 0.717) is 30.2 Å². The number of nitrogens with zero attached hydrogens (tertiary/aromatic N) is 4. The average Bonchev–Trinajstić information content (AvgIpc) is 2.77. The lowest BCUT2D eigenvalue weighted by Gasteiger charge is -2.37. The summed E-state index contributed by atoms with van der Waals surface area (Å²) >= 11 is 0. The number of carbonyl (C=O) groups excluding carboxylic acids is 1. The fourth-order valence-electron chi connectivity index (χ4n) is 3.28. The molecule has 1 aliphatic heterocycles. The topological polar surface area (TPSA) is 86.2 Å². The summed E-state index contributed by atoms with van der Waals surface area (Å²) in [5.41, 5.74) is 1.43. The number of piperazine rings is 1. The number of pyridine rings is 1. The molecule has 1 N–H and O–H groups in total. The van der Waals surface area contributed by atoms with E-state index < -0.39 is 5.97 Å². The zero-order valence-corrected chi connectivity index (χ0v) is 16.7. The van der Waals surface area contributed by atoms with Crippen molar-refractivity contribution < 1.29 is 19.4 Å². The Morgan fingerprint density at radius 3 is 2.52 bits per heavy atom. The molecule has 0 unspecified atom stereocenters. The van der Waals surface area contributed by atoms with Gasteiger partial charge in [-0.15, -0.1) is 0 Å². The lowest BCUT2D eigenvalue weighted by atomic mass is 10.2. The number of amides is 2. The van der Waals surface area contributed by atoms with E-state index >= 15 is 0 Å². The van der Waals surface area contributed by atoms with Gasteiger partial charge < -0.3 is 19.6 Å². The minimum atomic E-state index is -1.03. The van der Waals surface area contributed by atoms with Crippen molar-refractivity contribution in [1.29, 1.82) is 0 Å². The van der Waals surface area contributed by atoms with Crippen LogP contribution in [0.1, 0.15) is 23.0 Å². The molecule has 0 bridgehead atoms. The monoisotopic (exact) mass is 398 g/mol. The van der Waals surface area contributed by atoms with Gasteiger partial charge in [-0.05, 0) is 30.8 Å². The number of carbonyl (C=O) groups is 2. The number of carboxylic acids is 1. The Morgan fingerprint density at radius 2 is 1.93 bits per heavy atom. The van der Waals surface area contributed by atoms with Crippen molar-refractivity contribution >= 4 is 17.7 Å². The van der Waals surface area contributed by atoms with Crippen LogP contribution in [0.5, 0.6) is 5.75 Å². The number of urea groups is 1. The lowest BCUT2D eigenvalue weighted by molar-refractivity contribution is 0.0696. The van der Waals surface area contributed by atoms with Gasteiger partial charge in [0.25, 0.3) is 0 Å². The number of methoxy groups -OCH3 is 1. The van der Waals surface area contributed by atoms with Gasteiger partial charge in [0, 0.05) is 44.1 Å². The molecule has 29 heavy (non-hydrogen) atoms. The molecule has 8 nitrogen and oxygen atoms in total. The quantitative estimate of drug-likeness (QED) is 0.805. The molecule has 2 heterocycles. The number of benzene rings is 1. The Labute approximate surface area is 170 Å². The number of aromatic nitrogens is 1. The normalized spacial score (nSPS) is 14.5. The number of carboxylic acid groups (broad SMARTS) is 1. The summed E-state index contributed by atoms with van der Waals surface area (Å²) in [5.74, 6) is -0.371. The molecule has 3 rings (SSSR count). The van der Waals surface area contributed by atoms with Gasteiger partial charge in [-0.25, -0.2) is 9.59 Å². The van der Waals surface area contributed by atoms with Gasteiger partial charge in [0.05, 0.1) is 24.9 Å². The second-order valence-corrected chi connectivity index (χ2v) is 6.83. The third-order valence-corrected chi connectivity index (χ3v) is 5.08. The van der Waals surface area contributed by atoms with E-state index in [4.69, 9.17) is 9.84 Å². The maximum atomic E-state index is 13.3. The van der Waals surface area contributed by atoms with E-state index in [9.17, 15) is 9.59 Å². The van der Waals surface area contributed by atoms with Crippen LogP contribution >= 0.6 is 0 Å². The van der Waals surface area contributed by atoms with E-state index in [2.05, 4.69) is 16.8 Å². The number of rotatable bonds is 6. The van der Waals surface area contributed by atoms with Crippen molar-refractivity contribution in [2.45, 2.75) is 13.5 Å². The highest BCUT2D eigenvalue weighted by molar-refractivity contribution is 5.92. The zero-order chi connectivity index (χ0) is 20.8. The number of likely N-dealkylation sites (N-methyl/N-ethyl adjacent to an activating group) is 1. The van der Waals surface area contributed by atoms with Gasteiger partial charge >= 0.3 is 12.0 Å². The van der Waals surface area contributed by atoms with Crippen molar-refractivity contribution in [2.24, 2.45) is 0 Å². The van der Waals surface area contributed by atoms with Crippen LogP contribution in [0.4, 0.5) is 10.5 Å². The molecule has 154 valence electrons. The minimum Gasteiger partial charge on any atom is -0.497 e. The first-order chi connectivity index (χ1) is 14.0. The lowest BCUT2D eigenvalue weighted by Crippen LogP contribution is -2.52. The maximum Gasteiger partial charge on any atom is 0.337 e. The van der Waals surface area contributed by atoms with Gasteiger partial charge in [-0.2, -0.15) is 0 Å². The molecule has 1 aromatic carbocycles. The average molecular weight is 398 g/mol. The Balaban J connectivity index is 1.85. The summed E-state index contributed by atoms with van der Waals surface area (Å²) in [6, 6.07) is 10.4. The number of aromatic carboxylic acids is 1. The molecule has 0 spiro atoms. The van der Waals surface area contributed by atoms with E-state index in [0.717, 1.165) is 19.6 Å². The van der Waals surface area contributed by atoms with Crippen LogP contribution in [0, 0.1) is 0 Å². The predicted octanol–water partition coefficient (Wildman–Crippen LogP) is 2.55. The Bertz CT molecular complexity index is 848. The van der Waals surface area contributed by atoms with Crippen molar-refractivity contribution in [1.82, 2.24) is 14.8 Å². The third kappa shape index (κ3) is 5.03. The summed E-state index contributed by atoms with van der Waals surface area (Å²) in [4.78, 5) is 34.5. The predicted molar refractivity (Wildman–Crippen MR) is 109 cm³/mol. The molecule has 0 saturated carbocycles. The Morgan fingerprint density at radius 1 is 1.17 bits per heavy atom. The van der Waals surface area contributed by atoms with Crippen molar-refractivity contribution in [3.05, 3.63) is 53.9 Å². The largest absolute Gasteiger partial charge is 0.497 e. The zero-order valence-electron chi connectivity index (χ0n) is 16.7. The van der Waals surface area contributed by atoms with E-state index in [-0.39, 0.29) is 18.1 Å². The fraction of sp³-hybridized carbons (Fsp3) is 0.381. The maximum absolute atomic E-state index is 13.3. The molecular weight excluding hydrogens is 372 g/mol. The Hall–Kier alpha value is -3.13. The Kier molecular flexibility index (Phi) is 6.66. The SMILES string of the molecule is CCN1CCN(C(=O)N(Cc2ccc(C(=O)O)cn2)c2cccc(OC)c2)CC1. The van der Waals surface area contributed by atoms with Crippen LogP contribution in [-0.4, -0.2) is 71.7 Å². The summed E-state index contributed by atoms with van der Waals surface area (Å²) in [6.45, 7) is 6.35. The van der Waals surface area contributed by atoms with Crippen molar-refractivity contribution in [3.8, 4) is 5.75 Å². The molecule has 0 radical (unpaired) electrons. The smallest absolute Gasteiger partial charge is 0.337 e. The van der Waals surface area contributed by atoms with Gasteiger partial charge in [0.2, 0.25) is 0 Å². The summed E-state index contributed by atoms with van der Waals surface area (Å²) in [5, 5.41) is 9.06. The fourth-order valence-corrected chi connectivity index (χ4v) is 3.28. The molecule has 2 aromatic rings. The van der Waals surface area contributed by atoms with Crippen molar-refractivity contribution in [3.63, 3.8) is 0 Å². The molecule has 8 heteroatoms. The summed E-state index contributed by atoms with van der Waals surface area (Å²) in [6.07, 6.45) is 1.31. The summed E-state index contributed by atoms with van der Waals surface area (Å²) in [7, 11) is 1.58. The molecule has 0 aliphatic carbocycles. The van der Waals surface area contributed by atoms with Gasteiger partial charge in [0.1, 0.15) is 5.75 Å². The molecule has 1 fully saturated rings. The van der Waals surface area contributed by atoms with Crippen LogP contribution in [-0.2, 0) is 6.54 Å². The molecular formula is C21H26N4O4. The number of anilines is 1. The second kappa shape index (κ2) is 9.38. The van der Waals surface area contributed by atoms with E-state index in [1.807, 2.05) is 29.2 Å². The van der Waals surface area contributed by atoms with Crippen LogP contribution < -0.4 is 9.64 Å². The third-order valence-electron chi connectivity index (χ3n) is 5.08. The van der Waals surface area contributed by atoms with Crippen LogP contribution in [0.2, 0.25) is 0 Å². The van der Waals surface area contributed by atoms with Crippen LogP contribution in [0.3, 0.4) is 0 Å². The first-order valence-electron chi connectivity index (χ1n) is 9.63. The highest BCUT2D eigenvalue weighted by Crippen LogP contribution is 2.24. The molecule has 1 aliphatic rings. The molecule has 2 amide bonds. The highest BCUT2D eigenvalue weighted by atomic mass is 16.5. The molecule has 1 saturated heterocycles. The first-order valence-corrected chi connectivity index (χ1v) is 9.63. The van der Waals surface area contributed by atoms with Gasteiger partial charge in [-0.1, -0.05) is 13.0 Å². The summed E-state index contributed by atoms with van der Waals surface area (Å²) < 4.78 is 5.31. The first kappa shape index (κ1) is 20.6. The van der Waals surface area contributed by atoms with Crippen LogP contribution in [0.15, 0.2) is 42.6 Å². The molecule has 1 aromatic heterocycles. The van der Waals surface area contributed by atoms with Gasteiger partial charge in [0.15, 0.2) is 0 Å². The number of hydrogen-bond acceptors (Lipinski definition) is 5. The minimum absolute atomic E-state index is 0.0990. The standard InChI is InChI=1S/C21H26N4O4/c1-3-23-9-11-24(12-10-23)21(28)25(18-5-4-6-19(13-18)29-2)15-17-8-7-16(14-22-17)20(26)27/h4-8,13-14H,3,9-12,15H2,1-2H3,(H,26,27). The second-order valence-electron chi connectivity index (χ2n) is 6.83.